The summed E-state index contributed by atoms with van der Waals surface area (Å²) >= 11 is 1.73. The van der Waals surface area contributed by atoms with Crippen LogP contribution in [-0.2, 0) is 6.54 Å². The van der Waals surface area contributed by atoms with E-state index in [-0.39, 0.29) is 0 Å². The van der Waals surface area contributed by atoms with Gasteiger partial charge < -0.3 is 20.5 Å². The molecule has 0 spiro atoms. The molecule has 1 aliphatic heterocycles. The van der Waals surface area contributed by atoms with Gasteiger partial charge in [0.05, 0.1) is 19.8 Å². The molecule has 6 heteroatoms. The summed E-state index contributed by atoms with van der Waals surface area (Å²) in [7, 11) is 0. The molecule has 1 aliphatic rings. The zero-order chi connectivity index (χ0) is 15.4. The second kappa shape index (κ2) is 6.70. The number of thiophene rings is 1. The van der Waals surface area contributed by atoms with Gasteiger partial charge in [0.2, 0.25) is 0 Å². The number of anilines is 1. The number of ether oxygens (including phenoxy) is 2. The Kier molecular flexibility index (Phi) is 4.48. The molecule has 0 unspecified atom stereocenters. The third kappa shape index (κ3) is 3.71. The van der Waals surface area contributed by atoms with Gasteiger partial charge >= 0.3 is 0 Å². The van der Waals surface area contributed by atoms with E-state index in [4.69, 9.17) is 15.2 Å². The van der Waals surface area contributed by atoms with Gasteiger partial charge in [-0.25, -0.2) is 4.99 Å². The van der Waals surface area contributed by atoms with E-state index >= 15 is 0 Å². The fraction of sp³-hybridized carbons (Fsp3) is 0.312. The summed E-state index contributed by atoms with van der Waals surface area (Å²) in [5.41, 5.74) is 6.78. The van der Waals surface area contributed by atoms with Crippen molar-refractivity contribution in [2.45, 2.75) is 19.9 Å². The Morgan fingerprint density at radius 3 is 2.82 bits per heavy atom. The molecule has 1 aromatic carbocycles. The van der Waals surface area contributed by atoms with Crippen molar-refractivity contribution in [3.8, 4) is 11.5 Å². The minimum absolute atomic E-state index is 0.389. The molecule has 22 heavy (non-hydrogen) atoms. The first kappa shape index (κ1) is 14.7. The molecule has 0 radical (unpaired) electrons. The van der Waals surface area contributed by atoms with Gasteiger partial charge in [0.15, 0.2) is 17.5 Å². The molecule has 2 heterocycles. The van der Waals surface area contributed by atoms with Crippen LogP contribution in [0.15, 0.2) is 35.3 Å². The van der Waals surface area contributed by atoms with E-state index in [1.54, 1.807) is 11.3 Å². The standard InChI is InChI=1S/C16H19N3O2S/c1-11-3-5-13(22-11)10-18-16(17)19-12-4-6-14-15(9-12)21-8-2-7-20-14/h3-6,9H,2,7-8,10H2,1H3,(H3,17,18,19). The Morgan fingerprint density at radius 2 is 2.05 bits per heavy atom. The molecule has 1 aromatic heterocycles. The molecule has 116 valence electrons. The van der Waals surface area contributed by atoms with Crippen LogP contribution < -0.4 is 20.5 Å². The van der Waals surface area contributed by atoms with Crippen molar-refractivity contribution in [2.24, 2.45) is 10.7 Å². The van der Waals surface area contributed by atoms with Gasteiger partial charge in [-0.3, -0.25) is 0 Å². The number of rotatable bonds is 3. The smallest absolute Gasteiger partial charge is 0.193 e. The quantitative estimate of drug-likeness (QED) is 0.674. The fourth-order valence-corrected chi connectivity index (χ4v) is 2.98. The first-order chi connectivity index (χ1) is 10.7. The maximum atomic E-state index is 5.94. The number of benzene rings is 1. The van der Waals surface area contributed by atoms with Crippen molar-refractivity contribution in [3.05, 3.63) is 40.1 Å². The van der Waals surface area contributed by atoms with Crippen molar-refractivity contribution in [3.63, 3.8) is 0 Å². The zero-order valence-electron chi connectivity index (χ0n) is 12.5. The molecule has 3 N–H and O–H groups in total. The molecule has 0 saturated carbocycles. The van der Waals surface area contributed by atoms with Crippen LogP contribution in [0.25, 0.3) is 0 Å². The predicted octanol–water partition coefficient (Wildman–Crippen LogP) is 3.14. The number of aliphatic imine (C=N–C) groups is 1. The van der Waals surface area contributed by atoms with Crippen molar-refractivity contribution in [1.82, 2.24) is 0 Å². The van der Waals surface area contributed by atoms with Crippen LogP contribution in [0, 0.1) is 6.92 Å². The molecular weight excluding hydrogens is 298 g/mol. The predicted molar refractivity (Wildman–Crippen MR) is 90.1 cm³/mol. The molecule has 0 atom stereocenters. The van der Waals surface area contributed by atoms with Gasteiger partial charge in [0, 0.05) is 27.9 Å². The maximum Gasteiger partial charge on any atom is 0.193 e. The summed E-state index contributed by atoms with van der Waals surface area (Å²) < 4.78 is 11.3. The van der Waals surface area contributed by atoms with Gasteiger partial charge in [-0.05, 0) is 31.2 Å². The highest BCUT2D eigenvalue weighted by Gasteiger charge is 2.10. The Bertz CT molecular complexity index is 682. The van der Waals surface area contributed by atoms with Crippen molar-refractivity contribution in [2.75, 3.05) is 18.5 Å². The lowest BCUT2D eigenvalue weighted by molar-refractivity contribution is 0.297. The molecule has 0 saturated heterocycles. The molecular formula is C16H19N3O2S. The molecule has 0 fully saturated rings. The largest absolute Gasteiger partial charge is 0.490 e. The lowest BCUT2D eigenvalue weighted by Crippen LogP contribution is -2.22. The lowest BCUT2D eigenvalue weighted by Gasteiger charge is -2.10. The second-order valence-corrected chi connectivity index (χ2v) is 6.42. The van der Waals surface area contributed by atoms with Crippen LogP contribution in [0.4, 0.5) is 5.69 Å². The monoisotopic (exact) mass is 317 g/mol. The number of hydrogen-bond acceptors (Lipinski definition) is 4. The number of nitrogens with zero attached hydrogens (tertiary/aromatic N) is 1. The van der Waals surface area contributed by atoms with Gasteiger partial charge in [0.1, 0.15) is 0 Å². The molecule has 3 rings (SSSR count). The van der Waals surface area contributed by atoms with E-state index < -0.39 is 0 Å². The molecule has 5 nitrogen and oxygen atoms in total. The van der Waals surface area contributed by atoms with Crippen molar-refractivity contribution in [1.29, 1.82) is 0 Å². The Hall–Kier alpha value is -2.21. The number of hydrogen-bond donors (Lipinski definition) is 2. The van der Waals surface area contributed by atoms with Crippen LogP contribution >= 0.6 is 11.3 Å². The number of aryl methyl sites for hydroxylation is 1. The number of fused-ring (bicyclic) bond motifs is 1. The van der Waals surface area contributed by atoms with Crippen molar-refractivity contribution < 1.29 is 9.47 Å². The lowest BCUT2D eigenvalue weighted by atomic mass is 10.3. The van der Waals surface area contributed by atoms with Gasteiger partial charge in [-0.1, -0.05) is 0 Å². The summed E-state index contributed by atoms with van der Waals surface area (Å²) in [5, 5.41) is 3.09. The van der Waals surface area contributed by atoms with E-state index in [1.165, 1.54) is 9.75 Å². The highest BCUT2D eigenvalue weighted by Crippen LogP contribution is 2.32. The minimum Gasteiger partial charge on any atom is -0.490 e. The summed E-state index contributed by atoms with van der Waals surface area (Å²) in [6.45, 7) is 4.01. The summed E-state index contributed by atoms with van der Waals surface area (Å²) in [6, 6.07) is 9.84. The molecule has 0 aliphatic carbocycles. The van der Waals surface area contributed by atoms with E-state index in [0.717, 1.165) is 23.6 Å². The second-order valence-electron chi connectivity index (χ2n) is 5.05. The average molecular weight is 317 g/mol. The Labute approximate surface area is 133 Å². The highest BCUT2D eigenvalue weighted by molar-refractivity contribution is 7.11. The van der Waals surface area contributed by atoms with Crippen LogP contribution in [0.2, 0.25) is 0 Å². The SMILES string of the molecule is Cc1ccc(CN=C(N)Nc2ccc3c(c2)OCCCO3)s1. The van der Waals surface area contributed by atoms with Gasteiger partial charge in [-0.2, -0.15) is 0 Å². The van der Waals surface area contributed by atoms with E-state index in [0.29, 0.717) is 25.7 Å². The summed E-state index contributed by atoms with van der Waals surface area (Å²) in [6.07, 6.45) is 0.890. The van der Waals surface area contributed by atoms with Crippen LogP contribution in [-0.4, -0.2) is 19.2 Å². The van der Waals surface area contributed by atoms with Crippen LogP contribution in [0.3, 0.4) is 0 Å². The third-order valence-corrected chi connectivity index (χ3v) is 4.21. The van der Waals surface area contributed by atoms with Crippen molar-refractivity contribution >= 4 is 23.0 Å². The van der Waals surface area contributed by atoms with Gasteiger partial charge in [0.25, 0.3) is 0 Å². The number of nitrogens with two attached hydrogens (primary N) is 1. The zero-order valence-corrected chi connectivity index (χ0v) is 13.3. The summed E-state index contributed by atoms with van der Waals surface area (Å²) in [4.78, 5) is 6.83. The third-order valence-electron chi connectivity index (χ3n) is 3.22. The first-order valence-corrected chi connectivity index (χ1v) is 8.04. The molecule has 0 amide bonds. The van der Waals surface area contributed by atoms with Crippen LogP contribution in [0.1, 0.15) is 16.2 Å². The molecule has 0 bridgehead atoms. The van der Waals surface area contributed by atoms with E-state index in [2.05, 4.69) is 29.4 Å². The maximum absolute atomic E-state index is 5.94. The Balaban J connectivity index is 1.65. The topological polar surface area (TPSA) is 68.9 Å². The highest BCUT2D eigenvalue weighted by atomic mass is 32.1. The summed E-state index contributed by atoms with van der Waals surface area (Å²) in [5.74, 6) is 1.90. The fourth-order valence-electron chi connectivity index (χ4n) is 2.16. The molecule has 2 aromatic rings. The van der Waals surface area contributed by atoms with E-state index in [1.807, 2.05) is 18.2 Å². The normalized spacial score (nSPS) is 14.5. The first-order valence-electron chi connectivity index (χ1n) is 7.22. The van der Waals surface area contributed by atoms with E-state index in [9.17, 15) is 0 Å². The van der Waals surface area contributed by atoms with Crippen LogP contribution in [0.5, 0.6) is 11.5 Å². The number of nitrogens with one attached hydrogen (secondary N) is 1. The minimum atomic E-state index is 0.389. The number of guanidine groups is 1. The van der Waals surface area contributed by atoms with Gasteiger partial charge in [-0.15, -0.1) is 11.3 Å². The Morgan fingerprint density at radius 1 is 1.23 bits per heavy atom. The average Bonchev–Trinajstić information content (AvgIpc) is 2.78.